The van der Waals surface area contributed by atoms with Gasteiger partial charge in [0, 0.05) is 5.02 Å². The molecule has 0 saturated carbocycles. The van der Waals surface area contributed by atoms with Crippen LogP contribution in [0.1, 0.15) is 18.4 Å². The molecule has 1 N–H and O–H groups in total. The van der Waals surface area contributed by atoms with E-state index in [1.807, 2.05) is 0 Å². The number of hydrogen-bond donors (Lipinski definition) is 1. The molecule has 0 bridgehead atoms. The van der Waals surface area contributed by atoms with Crippen molar-refractivity contribution >= 4 is 23.3 Å². The number of halogens is 1. The Morgan fingerprint density at radius 3 is 2.40 bits per heavy atom. The van der Waals surface area contributed by atoms with E-state index in [1.54, 1.807) is 31.2 Å². The van der Waals surface area contributed by atoms with E-state index in [4.69, 9.17) is 22.2 Å². The Morgan fingerprint density at radius 1 is 1.47 bits per heavy atom. The van der Waals surface area contributed by atoms with E-state index in [-0.39, 0.29) is 5.71 Å². The number of carbonyl (C=O) groups is 1. The third kappa shape index (κ3) is 2.65. The molecular formula is C10H9ClN2O2. The summed E-state index contributed by atoms with van der Waals surface area (Å²) in [6.07, 6.45) is 0. The molecule has 0 saturated heterocycles. The van der Waals surface area contributed by atoms with Gasteiger partial charge in [0.1, 0.15) is 0 Å². The maximum atomic E-state index is 10.7. The van der Waals surface area contributed by atoms with Crippen LogP contribution in [0.15, 0.2) is 24.3 Å². The lowest BCUT2D eigenvalue weighted by atomic mass is 9.96. The van der Waals surface area contributed by atoms with Crippen LogP contribution in [0, 0.1) is 0 Å². The van der Waals surface area contributed by atoms with Crippen molar-refractivity contribution in [3.05, 3.63) is 40.4 Å². The van der Waals surface area contributed by atoms with Crippen molar-refractivity contribution in [1.29, 1.82) is 0 Å². The van der Waals surface area contributed by atoms with Crippen molar-refractivity contribution in [2.45, 2.75) is 12.8 Å². The van der Waals surface area contributed by atoms with E-state index in [1.165, 1.54) is 0 Å². The number of aliphatic carboxylic acids is 1. The van der Waals surface area contributed by atoms with E-state index in [0.717, 1.165) is 5.56 Å². The van der Waals surface area contributed by atoms with Gasteiger partial charge in [-0.2, -0.15) is 4.79 Å². The van der Waals surface area contributed by atoms with Crippen LogP contribution in [0.4, 0.5) is 0 Å². The fourth-order valence-corrected chi connectivity index (χ4v) is 1.35. The van der Waals surface area contributed by atoms with Gasteiger partial charge < -0.3 is 10.6 Å². The number of hydrogen-bond acceptors (Lipinski definition) is 1. The fraction of sp³-hybridized carbons (Fsp3) is 0.200. The quantitative estimate of drug-likeness (QED) is 0.486. The summed E-state index contributed by atoms with van der Waals surface area (Å²) in [7, 11) is 0. The summed E-state index contributed by atoms with van der Waals surface area (Å²) < 4.78 is 0. The van der Waals surface area contributed by atoms with Crippen molar-refractivity contribution in [3.63, 3.8) is 0 Å². The molecule has 0 radical (unpaired) electrons. The molecule has 0 aromatic heterocycles. The highest BCUT2D eigenvalue weighted by Crippen LogP contribution is 2.18. The molecule has 1 unspecified atom stereocenters. The van der Waals surface area contributed by atoms with Gasteiger partial charge in [-0.05, 0) is 24.6 Å². The second kappa shape index (κ2) is 4.73. The normalized spacial score (nSPS) is 11.6. The molecule has 0 aliphatic carbocycles. The zero-order chi connectivity index (χ0) is 11.4. The third-order valence-corrected chi connectivity index (χ3v) is 2.36. The molecule has 0 spiro atoms. The Bertz CT molecular complexity index is 422. The Balaban J connectivity index is 3.03. The van der Waals surface area contributed by atoms with Crippen LogP contribution in [-0.4, -0.2) is 21.6 Å². The molecule has 0 amide bonds. The van der Waals surface area contributed by atoms with E-state index < -0.39 is 11.9 Å². The van der Waals surface area contributed by atoms with E-state index in [2.05, 4.69) is 4.79 Å². The Hall–Kier alpha value is -1.64. The van der Waals surface area contributed by atoms with Crippen molar-refractivity contribution in [1.82, 2.24) is 0 Å². The van der Waals surface area contributed by atoms with Gasteiger partial charge in [-0.3, -0.25) is 0 Å². The molecule has 4 nitrogen and oxygen atoms in total. The molecule has 1 aromatic rings. The maximum Gasteiger partial charge on any atom is 0.415 e. The van der Waals surface area contributed by atoms with E-state index >= 15 is 0 Å². The van der Waals surface area contributed by atoms with Gasteiger partial charge in [-0.15, -0.1) is 0 Å². The lowest BCUT2D eigenvalue weighted by Gasteiger charge is -2.04. The smallest absolute Gasteiger partial charge is 0.415 e. The van der Waals surface area contributed by atoms with Gasteiger partial charge in [0.25, 0.3) is 0 Å². The summed E-state index contributed by atoms with van der Waals surface area (Å²) in [5.41, 5.74) is 9.00. The molecule has 1 rings (SSSR count). The van der Waals surface area contributed by atoms with Crippen LogP contribution in [-0.2, 0) is 4.79 Å². The van der Waals surface area contributed by atoms with Gasteiger partial charge in [-0.25, -0.2) is 4.79 Å². The zero-order valence-electron chi connectivity index (χ0n) is 8.01. The summed E-state index contributed by atoms with van der Waals surface area (Å²) in [4.78, 5) is 13.5. The van der Waals surface area contributed by atoms with Gasteiger partial charge in [0.15, 0.2) is 0 Å². The average Bonchev–Trinajstić information content (AvgIpc) is 2.19. The summed E-state index contributed by atoms with van der Waals surface area (Å²) in [6, 6.07) is 6.71. The van der Waals surface area contributed by atoms with Crippen LogP contribution in [0.25, 0.3) is 5.53 Å². The molecule has 0 heterocycles. The fourth-order valence-electron chi connectivity index (χ4n) is 1.22. The van der Waals surface area contributed by atoms with E-state index in [0.29, 0.717) is 5.02 Å². The van der Waals surface area contributed by atoms with Gasteiger partial charge in [0.2, 0.25) is 0 Å². The topological polar surface area (TPSA) is 73.7 Å². The highest BCUT2D eigenvalue weighted by Gasteiger charge is 2.28. The summed E-state index contributed by atoms with van der Waals surface area (Å²) in [5.74, 6) is -1.72. The van der Waals surface area contributed by atoms with Crippen LogP contribution in [0.5, 0.6) is 0 Å². The Kier molecular flexibility index (Phi) is 3.61. The second-order valence-corrected chi connectivity index (χ2v) is 3.50. The zero-order valence-corrected chi connectivity index (χ0v) is 8.77. The Morgan fingerprint density at radius 2 is 2.00 bits per heavy atom. The van der Waals surface area contributed by atoms with Crippen LogP contribution in [0.3, 0.4) is 0 Å². The average molecular weight is 225 g/mol. The lowest BCUT2D eigenvalue weighted by molar-refractivity contribution is -0.134. The van der Waals surface area contributed by atoms with Gasteiger partial charge >= 0.3 is 11.7 Å². The predicted molar refractivity (Wildman–Crippen MR) is 56.1 cm³/mol. The largest absolute Gasteiger partial charge is 0.473 e. The standard InChI is InChI=1S/C10H9ClN2O2/c1-6(9(13-12)10(14)15)7-2-4-8(11)5-3-7/h2-6H,1H3,(H,14,15). The first-order valence-corrected chi connectivity index (χ1v) is 4.64. The molecule has 1 atom stereocenters. The third-order valence-electron chi connectivity index (χ3n) is 2.11. The monoisotopic (exact) mass is 224 g/mol. The Labute approximate surface area is 91.7 Å². The second-order valence-electron chi connectivity index (χ2n) is 3.06. The van der Waals surface area contributed by atoms with Gasteiger partial charge in [-0.1, -0.05) is 23.7 Å². The minimum Gasteiger partial charge on any atom is -0.473 e. The molecule has 0 aliphatic rings. The summed E-state index contributed by atoms with van der Waals surface area (Å²) in [5, 5.41) is 9.32. The van der Waals surface area contributed by atoms with Crippen molar-refractivity contribution in [2.75, 3.05) is 0 Å². The molecular weight excluding hydrogens is 216 g/mol. The minimum absolute atomic E-state index is 0.294. The highest BCUT2D eigenvalue weighted by atomic mass is 35.5. The number of nitrogens with zero attached hydrogens (tertiary/aromatic N) is 2. The lowest BCUT2D eigenvalue weighted by Crippen LogP contribution is -2.21. The molecule has 0 fully saturated rings. The number of benzene rings is 1. The van der Waals surface area contributed by atoms with Crippen molar-refractivity contribution in [3.8, 4) is 0 Å². The first-order chi connectivity index (χ1) is 7.06. The number of rotatable bonds is 3. The predicted octanol–water partition coefficient (Wildman–Crippen LogP) is 2.20. The number of carboxylic acid groups (broad SMARTS) is 1. The number of carboxylic acids is 1. The van der Waals surface area contributed by atoms with Crippen LogP contribution in [0.2, 0.25) is 5.02 Å². The van der Waals surface area contributed by atoms with Crippen LogP contribution >= 0.6 is 11.6 Å². The molecule has 78 valence electrons. The highest BCUT2D eigenvalue weighted by molar-refractivity contribution is 6.35. The molecule has 15 heavy (non-hydrogen) atoms. The first kappa shape index (κ1) is 11.4. The SMILES string of the molecule is CC(C(=[N+]=[N-])C(=O)O)c1ccc(Cl)cc1. The van der Waals surface area contributed by atoms with E-state index in [9.17, 15) is 4.79 Å². The summed E-state index contributed by atoms with van der Waals surface area (Å²) in [6.45, 7) is 1.65. The molecule has 1 aromatic carbocycles. The van der Waals surface area contributed by atoms with Crippen LogP contribution < -0.4 is 0 Å². The maximum absolute atomic E-state index is 10.7. The molecule has 5 heteroatoms. The molecule has 0 aliphatic heterocycles. The van der Waals surface area contributed by atoms with Gasteiger partial charge in [0.05, 0.1) is 5.92 Å². The van der Waals surface area contributed by atoms with Crippen molar-refractivity contribution < 1.29 is 14.7 Å². The van der Waals surface area contributed by atoms with Crippen molar-refractivity contribution in [2.24, 2.45) is 0 Å². The summed E-state index contributed by atoms with van der Waals surface area (Å²) >= 11 is 5.70. The minimum atomic E-state index is -1.24. The first-order valence-electron chi connectivity index (χ1n) is 4.27.